The summed E-state index contributed by atoms with van der Waals surface area (Å²) in [5.41, 5.74) is 2.56. The van der Waals surface area contributed by atoms with Gasteiger partial charge in [-0.15, -0.1) is 10.2 Å². The fourth-order valence-electron chi connectivity index (χ4n) is 2.89. The standard InChI is InChI=1S/C19H10F2N4O/c20-13-5-6-15(21)14(8-13)17-18(26-10-22-17)12-4-7-16-23-24-19(25(16)9-12)11-2-1-3-11/h1-10H. The van der Waals surface area contributed by atoms with Gasteiger partial charge in [-0.3, -0.25) is 4.40 Å². The summed E-state index contributed by atoms with van der Waals surface area (Å²) in [7, 11) is 0. The van der Waals surface area contributed by atoms with Crippen LogP contribution in [0.25, 0.3) is 33.8 Å². The number of oxazole rings is 1. The van der Waals surface area contributed by atoms with Crippen LogP contribution in [0.4, 0.5) is 8.78 Å². The van der Waals surface area contributed by atoms with Crippen LogP contribution >= 0.6 is 0 Å². The number of rotatable bonds is 3. The Morgan fingerprint density at radius 1 is 1.04 bits per heavy atom. The lowest BCUT2D eigenvalue weighted by molar-refractivity contribution is 0.571. The second-order valence-electron chi connectivity index (χ2n) is 5.80. The van der Waals surface area contributed by atoms with Crippen molar-refractivity contribution in [3.05, 3.63) is 78.6 Å². The van der Waals surface area contributed by atoms with Crippen LogP contribution < -0.4 is 0 Å². The first kappa shape index (κ1) is 14.7. The molecule has 0 amide bonds. The maximum atomic E-state index is 14.2. The SMILES string of the molecule is Fc1ccc(F)c(-c2ncoc2-c2ccc3nnc(C4=CC=C4)n3c2)c1. The Hall–Kier alpha value is -3.61. The summed E-state index contributed by atoms with van der Waals surface area (Å²) >= 11 is 0. The van der Waals surface area contributed by atoms with Gasteiger partial charge in [0.05, 0.1) is 0 Å². The van der Waals surface area contributed by atoms with Crippen molar-refractivity contribution >= 4 is 11.2 Å². The summed E-state index contributed by atoms with van der Waals surface area (Å²) in [6, 6.07) is 6.79. The molecule has 0 saturated carbocycles. The fourth-order valence-corrected chi connectivity index (χ4v) is 2.89. The molecule has 0 saturated heterocycles. The van der Waals surface area contributed by atoms with Crippen LogP contribution in [0.2, 0.25) is 0 Å². The van der Waals surface area contributed by atoms with E-state index in [1.165, 1.54) is 6.39 Å². The molecule has 7 heteroatoms. The third-order valence-electron chi connectivity index (χ3n) is 4.23. The molecule has 4 aromatic rings. The van der Waals surface area contributed by atoms with E-state index in [1.54, 1.807) is 18.3 Å². The van der Waals surface area contributed by atoms with E-state index in [0.717, 1.165) is 23.8 Å². The predicted molar refractivity (Wildman–Crippen MR) is 91.0 cm³/mol. The van der Waals surface area contributed by atoms with Crippen LogP contribution in [0.15, 0.2) is 65.6 Å². The topological polar surface area (TPSA) is 56.2 Å². The van der Waals surface area contributed by atoms with E-state index in [1.807, 2.05) is 22.6 Å². The van der Waals surface area contributed by atoms with Crippen LogP contribution in [-0.4, -0.2) is 19.6 Å². The van der Waals surface area contributed by atoms with Crippen molar-refractivity contribution in [1.29, 1.82) is 0 Å². The smallest absolute Gasteiger partial charge is 0.182 e. The molecule has 3 aromatic heterocycles. The Kier molecular flexibility index (Phi) is 3.08. The maximum absolute atomic E-state index is 14.2. The van der Waals surface area contributed by atoms with Crippen molar-refractivity contribution in [2.45, 2.75) is 0 Å². The molecule has 0 atom stereocenters. The average Bonchev–Trinajstić information content (AvgIpc) is 3.23. The Morgan fingerprint density at radius 2 is 1.92 bits per heavy atom. The highest BCUT2D eigenvalue weighted by molar-refractivity contribution is 5.80. The molecule has 5 nitrogen and oxygen atoms in total. The van der Waals surface area contributed by atoms with Crippen LogP contribution in [0.5, 0.6) is 0 Å². The zero-order chi connectivity index (χ0) is 17.7. The van der Waals surface area contributed by atoms with Crippen molar-refractivity contribution in [1.82, 2.24) is 19.6 Å². The third-order valence-corrected chi connectivity index (χ3v) is 4.23. The summed E-state index contributed by atoms with van der Waals surface area (Å²) < 4.78 is 35.0. The number of pyridine rings is 1. The van der Waals surface area contributed by atoms with Crippen molar-refractivity contribution in [2.24, 2.45) is 0 Å². The first-order valence-electron chi connectivity index (χ1n) is 7.83. The van der Waals surface area contributed by atoms with Gasteiger partial charge in [-0.2, -0.15) is 0 Å². The molecule has 5 rings (SSSR count). The lowest BCUT2D eigenvalue weighted by Crippen LogP contribution is -1.96. The second-order valence-corrected chi connectivity index (χ2v) is 5.80. The molecule has 0 aliphatic heterocycles. The molecule has 1 aliphatic carbocycles. The van der Waals surface area contributed by atoms with Crippen LogP contribution in [0.3, 0.4) is 0 Å². The van der Waals surface area contributed by atoms with Gasteiger partial charge in [-0.25, -0.2) is 13.8 Å². The largest absolute Gasteiger partial charge is 0.443 e. The highest BCUT2D eigenvalue weighted by atomic mass is 19.1. The van der Waals surface area contributed by atoms with Crippen molar-refractivity contribution in [3.63, 3.8) is 0 Å². The molecule has 3 heterocycles. The summed E-state index contributed by atoms with van der Waals surface area (Å²) in [6.45, 7) is 0. The van der Waals surface area contributed by atoms with Crippen LogP contribution in [0, 0.1) is 11.6 Å². The number of halogens is 2. The molecule has 126 valence electrons. The highest BCUT2D eigenvalue weighted by Crippen LogP contribution is 2.33. The van der Waals surface area contributed by atoms with E-state index in [0.29, 0.717) is 22.8 Å². The fraction of sp³-hybridized carbons (Fsp3) is 0. The molecular formula is C19H10F2N4O. The monoisotopic (exact) mass is 348 g/mol. The molecular weight excluding hydrogens is 338 g/mol. The lowest BCUT2D eigenvalue weighted by atomic mass is 10.1. The normalized spacial score (nSPS) is 13.1. The zero-order valence-corrected chi connectivity index (χ0v) is 13.2. The molecule has 1 aliphatic rings. The molecule has 0 unspecified atom stereocenters. The second kappa shape index (κ2) is 5.45. The summed E-state index contributed by atoms with van der Waals surface area (Å²) in [5.74, 6) is -0.0792. The van der Waals surface area contributed by atoms with E-state index in [9.17, 15) is 8.78 Å². The first-order chi connectivity index (χ1) is 12.7. The van der Waals surface area contributed by atoms with Gasteiger partial charge in [0.25, 0.3) is 0 Å². The van der Waals surface area contributed by atoms with E-state index >= 15 is 0 Å². The minimum absolute atomic E-state index is 0.0439. The third kappa shape index (κ3) is 2.17. The molecule has 0 spiro atoms. The Bertz CT molecular complexity index is 1220. The Balaban J connectivity index is 1.67. The van der Waals surface area contributed by atoms with Crippen molar-refractivity contribution < 1.29 is 13.2 Å². The average molecular weight is 348 g/mol. The van der Waals surface area contributed by atoms with Gasteiger partial charge in [-0.1, -0.05) is 18.2 Å². The number of allylic oxidation sites excluding steroid dienone is 4. The first-order valence-corrected chi connectivity index (χ1v) is 7.83. The molecule has 0 bridgehead atoms. The van der Waals surface area contributed by atoms with Gasteiger partial charge in [0.1, 0.15) is 17.3 Å². The number of hydrogen-bond donors (Lipinski definition) is 0. The molecule has 0 N–H and O–H groups in total. The molecule has 1 aromatic carbocycles. The van der Waals surface area contributed by atoms with Gasteiger partial charge in [-0.05, 0) is 30.3 Å². The van der Waals surface area contributed by atoms with Gasteiger partial charge in [0, 0.05) is 22.9 Å². The van der Waals surface area contributed by atoms with E-state index in [4.69, 9.17) is 4.42 Å². The van der Waals surface area contributed by atoms with Gasteiger partial charge < -0.3 is 4.42 Å². The van der Waals surface area contributed by atoms with Crippen molar-refractivity contribution in [2.75, 3.05) is 0 Å². The minimum Gasteiger partial charge on any atom is -0.443 e. The number of benzene rings is 1. The number of hydrogen-bond acceptors (Lipinski definition) is 4. The summed E-state index contributed by atoms with van der Waals surface area (Å²) in [4.78, 5) is 4.08. The lowest BCUT2D eigenvalue weighted by Gasteiger charge is -2.07. The number of nitrogens with zero attached hydrogens (tertiary/aromatic N) is 4. The summed E-state index contributed by atoms with van der Waals surface area (Å²) in [5, 5.41) is 8.32. The maximum Gasteiger partial charge on any atom is 0.182 e. The Labute approximate surface area is 145 Å². The minimum atomic E-state index is -0.572. The quantitative estimate of drug-likeness (QED) is 0.554. The van der Waals surface area contributed by atoms with Crippen molar-refractivity contribution in [3.8, 4) is 22.6 Å². The molecule has 0 radical (unpaired) electrons. The van der Waals surface area contributed by atoms with Gasteiger partial charge in [0.15, 0.2) is 23.6 Å². The van der Waals surface area contributed by atoms with E-state index in [2.05, 4.69) is 15.2 Å². The van der Waals surface area contributed by atoms with Gasteiger partial charge in [0.2, 0.25) is 0 Å². The van der Waals surface area contributed by atoms with Crippen LogP contribution in [0.1, 0.15) is 5.82 Å². The molecule has 0 fully saturated rings. The van der Waals surface area contributed by atoms with Gasteiger partial charge >= 0.3 is 0 Å². The van der Waals surface area contributed by atoms with Crippen LogP contribution in [-0.2, 0) is 0 Å². The predicted octanol–water partition coefficient (Wildman–Crippen LogP) is 4.28. The number of fused-ring (bicyclic) bond motifs is 1. The van der Waals surface area contributed by atoms with E-state index < -0.39 is 11.6 Å². The summed E-state index contributed by atoms with van der Waals surface area (Å²) in [6.07, 6.45) is 8.79. The molecule has 26 heavy (non-hydrogen) atoms. The van der Waals surface area contributed by atoms with E-state index in [-0.39, 0.29) is 11.3 Å². The number of aromatic nitrogens is 4. The zero-order valence-electron chi connectivity index (χ0n) is 13.2. The highest BCUT2D eigenvalue weighted by Gasteiger charge is 2.19. The Morgan fingerprint density at radius 3 is 2.73 bits per heavy atom.